The maximum atomic E-state index is 12.6. The molecule has 1 aromatic heterocycles. The average Bonchev–Trinajstić information content (AvgIpc) is 2.38. The van der Waals surface area contributed by atoms with Gasteiger partial charge in [-0.15, -0.1) is 0 Å². The molecule has 20 heavy (non-hydrogen) atoms. The van der Waals surface area contributed by atoms with Crippen LogP contribution >= 0.6 is 11.6 Å². The van der Waals surface area contributed by atoms with Crippen LogP contribution in [0.2, 0.25) is 5.15 Å². The van der Waals surface area contributed by atoms with E-state index in [1.54, 1.807) is 6.92 Å². The molecule has 110 valence electrons. The van der Waals surface area contributed by atoms with E-state index in [1.165, 1.54) is 18.3 Å². The molecule has 0 saturated carbocycles. The van der Waals surface area contributed by atoms with Gasteiger partial charge in [-0.25, -0.2) is 13.4 Å². The Balaban J connectivity index is 2.47. The lowest BCUT2D eigenvalue weighted by atomic mass is 9.93. The fourth-order valence-electron chi connectivity index (χ4n) is 2.48. The number of hydrogen-bond donors (Lipinski definition) is 1. The van der Waals surface area contributed by atoms with Gasteiger partial charge in [0.25, 0.3) is 0 Å². The van der Waals surface area contributed by atoms with Crippen LogP contribution in [0, 0.1) is 5.92 Å². The molecule has 2 unspecified atom stereocenters. The van der Waals surface area contributed by atoms with Crippen molar-refractivity contribution in [2.24, 2.45) is 5.92 Å². The van der Waals surface area contributed by atoms with Gasteiger partial charge in [0.15, 0.2) is 0 Å². The number of rotatable bonds is 3. The van der Waals surface area contributed by atoms with E-state index in [1.807, 2.05) is 0 Å². The molecule has 1 saturated heterocycles. The summed E-state index contributed by atoms with van der Waals surface area (Å²) >= 11 is 5.83. The molecule has 0 aliphatic carbocycles. The molecule has 0 aromatic carbocycles. The largest absolute Gasteiger partial charge is 0.480 e. The summed E-state index contributed by atoms with van der Waals surface area (Å²) in [5.74, 6) is -1.38. The Kier molecular flexibility index (Phi) is 4.31. The first kappa shape index (κ1) is 15.2. The minimum absolute atomic E-state index is 0.144. The van der Waals surface area contributed by atoms with Crippen molar-refractivity contribution >= 4 is 27.6 Å². The second-order valence-corrected chi connectivity index (χ2v) is 7.03. The van der Waals surface area contributed by atoms with E-state index < -0.39 is 22.0 Å². The molecule has 0 amide bonds. The molecule has 1 aliphatic heterocycles. The van der Waals surface area contributed by atoms with Crippen molar-refractivity contribution in [2.75, 3.05) is 6.54 Å². The van der Waals surface area contributed by atoms with Gasteiger partial charge in [-0.1, -0.05) is 18.5 Å². The molecular weight excluding hydrogens is 304 g/mol. The van der Waals surface area contributed by atoms with Gasteiger partial charge < -0.3 is 5.11 Å². The van der Waals surface area contributed by atoms with Crippen molar-refractivity contribution in [2.45, 2.75) is 30.7 Å². The lowest BCUT2D eigenvalue weighted by Gasteiger charge is -2.36. The molecule has 2 heterocycles. The first-order valence-corrected chi connectivity index (χ1v) is 8.02. The normalized spacial score (nSPS) is 24.5. The van der Waals surface area contributed by atoms with Gasteiger partial charge in [-0.3, -0.25) is 4.79 Å². The van der Waals surface area contributed by atoms with Gasteiger partial charge in [-0.05, 0) is 30.9 Å². The number of pyridine rings is 1. The van der Waals surface area contributed by atoms with Gasteiger partial charge in [-0.2, -0.15) is 4.31 Å². The molecule has 1 N–H and O–H groups in total. The first-order chi connectivity index (χ1) is 9.35. The zero-order chi connectivity index (χ0) is 14.9. The molecule has 0 bridgehead atoms. The smallest absolute Gasteiger partial charge is 0.322 e. The van der Waals surface area contributed by atoms with Gasteiger partial charge >= 0.3 is 5.97 Å². The number of carbonyl (C=O) groups is 1. The third-order valence-corrected chi connectivity index (χ3v) is 5.78. The summed E-state index contributed by atoms with van der Waals surface area (Å²) in [6.07, 6.45) is 2.70. The summed E-state index contributed by atoms with van der Waals surface area (Å²) < 4.78 is 26.2. The molecule has 1 aliphatic rings. The van der Waals surface area contributed by atoms with Crippen LogP contribution in [-0.4, -0.2) is 41.4 Å². The predicted octanol–water partition coefficient (Wildman–Crippen LogP) is 1.61. The number of sulfonamides is 1. The van der Waals surface area contributed by atoms with E-state index in [2.05, 4.69) is 4.98 Å². The highest BCUT2D eigenvalue weighted by atomic mass is 35.5. The highest BCUT2D eigenvalue weighted by molar-refractivity contribution is 7.89. The molecule has 2 atom stereocenters. The summed E-state index contributed by atoms with van der Waals surface area (Å²) in [6, 6.07) is 1.73. The zero-order valence-corrected chi connectivity index (χ0v) is 12.4. The second kappa shape index (κ2) is 5.67. The fraction of sp³-hybridized carbons (Fsp3) is 0.500. The third-order valence-electron chi connectivity index (χ3n) is 3.45. The number of nitrogens with zero attached hydrogens (tertiary/aromatic N) is 2. The average molecular weight is 319 g/mol. The van der Waals surface area contributed by atoms with E-state index in [0.29, 0.717) is 12.8 Å². The van der Waals surface area contributed by atoms with Crippen LogP contribution in [0.1, 0.15) is 19.8 Å². The Morgan fingerprint density at radius 2 is 2.25 bits per heavy atom. The van der Waals surface area contributed by atoms with Crippen molar-refractivity contribution in [3.8, 4) is 0 Å². The fourth-order valence-corrected chi connectivity index (χ4v) is 4.62. The number of aromatic nitrogens is 1. The first-order valence-electron chi connectivity index (χ1n) is 6.21. The van der Waals surface area contributed by atoms with Gasteiger partial charge in [0.05, 0.1) is 0 Å². The number of carboxylic acid groups (broad SMARTS) is 1. The summed E-state index contributed by atoms with van der Waals surface area (Å²) in [4.78, 5) is 15.0. The number of halogens is 1. The SMILES string of the molecule is CC1CCCN(S(=O)(=O)c2cccnc2Cl)C1C(=O)O. The van der Waals surface area contributed by atoms with Crippen LogP contribution in [-0.2, 0) is 14.8 Å². The Hall–Kier alpha value is -1.18. The molecule has 1 aromatic rings. The maximum absolute atomic E-state index is 12.6. The Morgan fingerprint density at radius 3 is 2.85 bits per heavy atom. The topological polar surface area (TPSA) is 87.6 Å². The monoisotopic (exact) mass is 318 g/mol. The Labute approximate surface area is 122 Å². The molecule has 0 radical (unpaired) electrons. The zero-order valence-electron chi connectivity index (χ0n) is 10.9. The number of carboxylic acids is 1. The minimum Gasteiger partial charge on any atom is -0.480 e. The van der Waals surface area contributed by atoms with Crippen LogP contribution in [0.5, 0.6) is 0 Å². The van der Waals surface area contributed by atoms with Gasteiger partial charge in [0.2, 0.25) is 10.0 Å². The van der Waals surface area contributed by atoms with Crippen molar-refractivity contribution in [1.82, 2.24) is 9.29 Å². The van der Waals surface area contributed by atoms with Crippen LogP contribution < -0.4 is 0 Å². The molecule has 8 heteroatoms. The van der Waals surface area contributed by atoms with Crippen LogP contribution in [0.15, 0.2) is 23.2 Å². The van der Waals surface area contributed by atoms with E-state index in [-0.39, 0.29) is 22.5 Å². The summed E-state index contributed by atoms with van der Waals surface area (Å²) in [5.41, 5.74) is 0. The molecule has 6 nitrogen and oxygen atoms in total. The highest BCUT2D eigenvalue weighted by Crippen LogP contribution is 2.31. The van der Waals surface area contributed by atoms with E-state index in [0.717, 1.165) is 4.31 Å². The van der Waals surface area contributed by atoms with E-state index >= 15 is 0 Å². The van der Waals surface area contributed by atoms with Gasteiger partial charge in [0, 0.05) is 12.7 Å². The Morgan fingerprint density at radius 1 is 1.55 bits per heavy atom. The summed E-state index contributed by atoms with van der Waals surface area (Å²) in [7, 11) is -3.96. The standard InChI is InChI=1S/C12H15ClN2O4S/c1-8-4-3-7-15(10(8)12(16)17)20(18,19)9-5-2-6-14-11(9)13/h2,5-6,8,10H,3-4,7H2,1H3,(H,16,17). The van der Waals surface area contributed by atoms with E-state index in [9.17, 15) is 18.3 Å². The second-order valence-electron chi connectivity index (χ2n) is 4.81. The summed E-state index contributed by atoms with van der Waals surface area (Å²) in [5, 5.41) is 9.16. The molecule has 0 spiro atoms. The number of hydrogen-bond acceptors (Lipinski definition) is 4. The molecule has 1 fully saturated rings. The van der Waals surface area contributed by atoms with Crippen molar-refractivity contribution in [1.29, 1.82) is 0 Å². The van der Waals surface area contributed by atoms with Crippen molar-refractivity contribution in [3.63, 3.8) is 0 Å². The van der Waals surface area contributed by atoms with Crippen LogP contribution in [0.25, 0.3) is 0 Å². The lowest BCUT2D eigenvalue weighted by molar-refractivity contribution is -0.144. The number of piperidine rings is 1. The van der Waals surface area contributed by atoms with E-state index in [4.69, 9.17) is 11.6 Å². The van der Waals surface area contributed by atoms with Crippen molar-refractivity contribution in [3.05, 3.63) is 23.5 Å². The summed E-state index contributed by atoms with van der Waals surface area (Å²) in [6.45, 7) is 1.92. The number of aliphatic carboxylic acids is 1. The van der Waals surface area contributed by atoms with Crippen molar-refractivity contribution < 1.29 is 18.3 Å². The highest BCUT2D eigenvalue weighted by Gasteiger charge is 2.42. The molecule has 2 rings (SSSR count). The third kappa shape index (κ3) is 2.65. The van der Waals surface area contributed by atoms with Crippen LogP contribution in [0.4, 0.5) is 0 Å². The molecular formula is C12H15ClN2O4S. The minimum atomic E-state index is -3.96. The maximum Gasteiger partial charge on any atom is 0.322 e. The lowest BCUT2D eigenvalue weighted by Crippen LogP contribution is -2.51. The Bertz CT molecular complexity index is 620. The van der Waals surface area contributed by atoms with Crippen LogP contribution in [0.3, 0.4) is 0 Å². The van der Waals surface area contributed by atoms with Gasteiger partial charge in [0.1, 0.15) is 16.1 Å². The predicted molar refractivity (Wildman–Crippen MR) is 73.0 cm³/mol. The quantitative estimate of drug-likeness (QED) is 0.855.